The second-order valence-electron chi connectivity index (χ2n) is 7.73. The van der Waals surface area contributed by atoms with E-state index >= 15 is 0 Å². The molecule has 0 bridgehead atoms. The highest BCUT2D eigenvalue weighted by Gasteiger charge is 2.29. The number of halogens is 1. The van der Waals surface area contributed by atoms with E-state index in [1.54, 1.807) is 30.3 Å². The fraction of sp³-hybridized carbons (Fsp3) is 0.0769. The van der Waals surface area contributed by atoms with E-state index in [2.05, 4.69) is 15.9 Å². The first kappa shape index (κ1) is 20.7. The summed E-state index contributed by atoms with van der Waals surface area (Å²) < 4.78 is 28.6. The first-order valence-corrected chi connectivity index (χ1v) is 11.2. The predicted octanol–water partition coefficient (Wildman–Crippen LogP) is 5.90. The van der Waals surface area contributed by atoms with Gasteiger partial charge in [0.05, 0.1) is 12.2 Å². The number of rotatable bonds is 3. The number of Topliss-reactive ketones (excluding diaryl/α,β-unsaturated/α-hetero) is 1. The lowest BCUT2D eigenvalue weighted by atomic mass is 10.1. The number of ether oxygens (including phenoxy) is 4. The van der Waals surface area contributed by atoms with Crippen LogP contribution < -0.4 is 14.2 Å². The van der Waals surface area contributed by atoms with Crippen LogP contribution in [0.5, 0.6) is 17.2 Å². The van der Waals surface area contributed by atoms with Gasteiger partial charge in [-0.15, -0.1) is 0 Å². The number of benzene rings is 3. The summed E-state index contributed by atoms with van der Waals surface area (Å²) in [6.45, 7) is 0.555. The van der Waals surface area contributed by atoms with Gasteiger partial charge in [0.1, 0.15) is 22.8 Å². The van der Waals surface area contributed by atoms with E-state index in [0.717, 1.165) is 15.4 Å². The minimum atomic E-state index is -0.642. The summed E-state index contributed by atoms with van der Waals surface area (Å²) in [6.07, 6.45) is 1.64. The maximum atomic E-state index is 12.9. The lowest BCUT2D eigenvalue weighted by Gasteiger charge is -2.20. The Balaban J connectivity index is 1.26. The number of allylic oxidation sites excluding steroid dienone is 1. The van der Waals surface area contributed by atoms with Crippen LogP contribution in [-0.2, 0) is 11.3 Å². The molecule has 0 saturated carbocycles. The van der Waals surface area contributed by atoms with E-state index in [-0.39, 0.29) is 29.8 Å². The highest BCUT2D eigenvalue weighted by molar-refractivity contribution is 9.10. The molecule has 0 radical (unpaired) electrons. The molecule has 2 aliphatic heterocycles. The van der Waals surface area contributed by atoms with Crippen LogP contribution >= 0.6 is 15.9 Å². The molecule has 0 atom stereocenters. The topological polar surface area (TPSA) is 84.2 Å². The number of esters is 1. The molecule has 0 unspecified atom stereocenters. The van der Waals surface area contributed by atoms with Crippen LogP contribution in [0.4, 0.5) is 0 Å². The van der Waals surface area contributed by atoms with Gasteiger partial charge in [-0.25, -0.2) is 4.79 Å². The summed E-state index contributed by atoms with van der Waals surface area (Å²) in [7, 11) is 0. The number of carbonyl (C=O) groups excluding carboxylic acids is 2. The van der Waals surface area contributed by atoms with Gasteiger partial charge >= 0.3 is 5.97 Å². The van der Waals surface area contributed by atoms with Crippen molar-refractivity contribution in [2.45, 2.75) is 6.61 Å². The third kappa shape index (κ3) is 3.67. The van der Waals surface area contributed by atoms with Crippen molar-refractivity contribution in [3.63, 3.8) is 0 Å². The molecule has 0 fully saturated rings. The fourth-order valence-corrected chi connectivity index (χ4v) is 4.45. The number of carbonyl (C=O) groups is 2. The van der Waals surface area contributed by atoms with Gasteiger partial charge in [0.2, 0.25) is 11.5 Å². The highest BCUT2D eigenvalue weighted by Crippen LogP contribution is 2.38. The second-order valence-corrected chi connectivity index (χ2v) is 8.65. The average Bonchev–Trinajstić information content (AvgIpc) is 3.40. The van der Waals surface area contributed by atoms with Crippen molar-refractivity contribution in [1.82, 2.24) is 0 Å². The van der Waals surface area contributed by atoms with Gasteiger partial charge in [-0.05, 0) is 42.5 Å². The molecule has 3 heterocycles. The van der Waals surface area contributed by atoms with Gasteiger partial charge in [-0.2, -0.15) is 0 Å². The van der Waals surface area contributed by atoms with Crippen LogP contribution in [0.25, 0.3) is 17.0 Å². The highest BCUT2D eigenvalue weighted by atomic mass is 79.9. The summed E-state index contributed by atoms with van der Waals surface area (Å²) in [5, 5.41) is 0.803. The predicted molar refractivity (Wildman–Crippen MR) is 125 cm³/mol. The summed E-state index contributed by atoms with van der Waals surface area (Å²) in [5.74, 6) is 0.503. The number of hydrogen-bond donors (Lipinski definition) is 0. The molecule has 1 aromatic heterocycles. The normalized spacial score (nSPS) is 15.6. The quantitative estimate of drug-likeness (QED) is 0.189. The minimum absolute atomic E-state index is 0.0858. The zero-order valence-electron chi connectivity index (χ0n) is 17.5. The number of furan rings is 1. The largest absolute Gasteiger partial charge is 0.467 e. The maximum Gasteiger partial charge on any atom is 0.379 e. The van der Waals surface area contributed by atoms with Crippen molar-refractivity contribution < 1.29 is 33.0 Å². The molecule has 0 N–H and O–H groups in total. The standard InChI is InChI=1S/C26H15BrO7/c27-17-7-15(25-16(8-17)12-30-13-31-25)10-22-24(28)19-6-5-18(11-21(19)34-22)32-26(29)23-9-14-3-1-2-4-20(14)33-23/h1-11H,12-13H2/b22-10-. The lowest BCUT2D eigenvalue weighted by molar-refractivity contribution is -0.0165. The molecule has 8 heteroatoms. The Hall–Kier alpha value is -3.88. The van der Waals surface area contributed by atoms with Gasteiger partial charge in [0.25, 0.3) is 0 Å². The Kier molecular flexibility index (Phi) is 4.97. The van der Waals surface area contributed by atoms with Gasteiger partial charge in [-0.1, -0.05) is 34.1 Å². The molecule has 6 rings (SSSR count). The van der Waals surface area contributed by atoms with E-state index in [4.69, 9.17) is 23.4 Å². The number of para-hydroxylation sites is 1. The molecular weight excluding hydrogens is 504 g/mol. The molecule has 2 aliphatic rings. The molecule has 0 spiro atoms. The summed E-state index contributed by atoms with van der Waals surface area (Å²) >= 11 is 3.47. The van der Waals surface area contributed by atoms with Crippen molar-refractivity contribution in [1.29, 1.82) is 0 Å². The second kappa shape index (κ2) is 8.16. The van der Waals surface area contributed by atoms with Crippen LogP contribution in [0.1, 0.15) is 32.0 Å². The first-order chi connectivity index (χ1) is 16.5. The third-order valence-corrected chi connectivity index (χ3v) is 5.93. The SMILES string of the molecule is O=C(Oc1ccc2c(c1)O/C(=C\c1cc(Br)cc3c1OCOC3)C2=O)c1cc2ccccc2o1. The van der Waals surface area contributed by atoms with Crippen molar-refractivity contribution >= 4 is 44.7 Å². The number of fused-ring (bicyclic) bond motifs is 3. The van der Waals surface area contributed by atoms with Crippen molar-refractivity contribution in [3.05, 3.63) is 93.3 Å². The van der Waals surface area contributed by atoms with E-state index in [0.29, 0.717) is 34.8 Å². The van der Waals surface area contributed by atoms with Crippen molar-refractivity contribution in [2.24, 2.45) is 0 Å². The molecule has 0 amide bonds. The maximum absolute atomic E-state index is 12.9. The van der Waals surface area contributed by atoms with Crippen LogP contribution in [-0.4, -0.2) is 18.5 Å². The fourth-order valence-electron chi connectivity index (χ4n) is 3.93. The lowest BCUT2D eigenvalue weighted by Crippen LogP contribution is -2.12. The van der Waals surface area contributed by atoms with Crippen LogP contribution in [0.2, 0.25) is 0 Å². The van der Waals surface area contributed by atoms with E-state index in [1.807, 2.05) is 30.3 Å². The molecular formula is C26H15BrO7. The van der Waals surface area contributed by atoms with Crippen molar-refractivity contribution in [3.8, 4) is 17.2 Å². The molecule has 0 aliphatic carbocycles. The summed E-state index contributed by atoms with van der Waals surface area (Å²) in [5.41, 5.74) is 2.54. The molecule has 4 aromatic rings. The van der Waals surface area contributed by atoms with E-state index in [1.165, 1.54) is 6.07 Å². The Morgan fingerprint density at radius 2 is 1.94 bits per heavy atom. The van der Waals surface area contributed by atoms with Gasteiger partial charge in [-0.3, -0.25) is 4.79 Å². The zero-order valence-corrected chi connectivity index (χ0v) is 19.1. The smallest absolute Gasteiger partial charge is 0.379 e. The van der Waals surface area contributed by atoms with Gasteiger partial charge < -0.3 is 23.4 Å². The van der Waals surface area contributed by atoms with Crippen LogP contribution in [0.3, 0.4) is 0 Å². The third-order valence-electron chi connectivity index (χ3n) is 5.47. The summed E-state index contributed by atoms with van der Waals surface area (Å²) in [4.78, 5) is 25.5. The monoisotopic (exact) mass is 518 g/mol. The summed E-state index contributed by atoms with van der Waals surface area (Å²) in [6, 6.07) is 17.3. The number of hydrogen-bond acceptors (Lipinski definition) is 7. The molecule has 168 valence electrons. The van der Waals surface area contributed by atoms with Crippen molar-refractivity contribution in [2.75, 3.05) is 6.79 Å². The Morgan fingerprint density at radius 1 is 1.06 bits per heavy atom. The Labute approximate surface area is 201 Å². The molecule has 0 saturated heterocycles. The molecule has 3 aromatic carbocycles. The molecule has 34 heavy (non-hydrogen) atoms. The molecule has 7 nitrogen and oxygen atoms in total. The Morgan fingerprint density at radius 3 is 2.82 bits per heavy atom. The van der Waals surface area contributed by atoms with Gasteiger partial charge in [0, 0.05) is 27.1 Å². The first-order valence-electron chi connectivity index (χ1n) is 10.4. The van der Waals surface area contributed by atoms with E-state index < -0.39 is 5.97 Å². The van der Waals surface area contributed by atoms with Crippen LogP contribution in [0, 0.1) is 0 Å². The zero-order chi connectivity index (χ0) is 23.2. The number of ketones is 1. The van der Waals surface area contributed by atoms with Gasteiger partial charge in [0.15, 0.2) is 12.6 Å². The minimum Gasteiger partial charge on any atom is -0.467 e. The van der Waals surface area contributed by atoms with E-state index in [9.17, 15) is 9.59 Å². The Bertz CT molecular complexity index is 1480. The average molecular weight is 519 g/mol. The van der Waals surface area contributed by atoms with Crippen LogP contribution in [0.15, 0.2) is 75.3 Å².